The van der Waals surface area contributed by atoms with Gasteiger partial charge in [-0.3, -0.25) is 4.79 Å². The monoisotopic (exact) mass is 317 g/mol. The predicted octanol–water partition coefficient (Wildman–Crippen LogP) is 3.43. The molecule has 0 radical (unpaired) electrons. The molecule has 0 aliphatic rings. The second-order valence-corrected chi connectivity index (χ2v) is 6.18. The minimum atomic E-state index is -0.681. The lowest BCUT2D eigenvalue weighted by molar-refractivity contribution is -0.125. The van der Waals surface area contributed by atoms with Crippen molar-refractivity contribution < 1.29 is 9.90 Å². The van der Waals surface area contributed by atoms with E-state index in [1.165, 1.54) is 0 Å². The van der Waals surface area contributed by atoms with Gasteiger partial charge in [0.15, 0.2) is 0 Å². The van der Waals surface area contributed by atoms with E-state index in [1.54, 1.807) is 6.07 Å². The quantitative estimate of drug-likeness (QED) is 0.887. The lowest BCUT2D eigenvalue weighted by Gasteiger charge is -2.24. The minimum Gasteiger partial charge on any atom is -0.392 e. The number of nitrogens with one attached hydrogen (secondary N) is 1. The second kappa shape index (κ2) is 6.95. The Morgan fingerprint density at radius 2 is 1.82 bits per heavy atom. The van der Waals surface area contributed by atoms with Gasteiger partial charge >= 0.3 is 0 Å². The van der Waals surface area contributed by atoms with Crippen LogP contribution in [-0.4, -0.2) is 11.0 Å². The highest BCUT2D eigenvalue weighted by Crippen LogP contribution is 2.26. The van der Waals surface area contributed by atoms with Gasteiger partial charge in [0.05, 0.1) is 12.0 Å². The fraction of sp³-hybridized carbons (Fsp3) is 0.278. The number of aliphatic hydroxyl groups is 1. The molecule has 4 heteroatoms. The van der Waals surface area contributed by atoms with Crippen LogP contribution in [0.4, 0.5) is 0 Å². The van der Waals surface area contributed by atoms with Gasteiger partial charge in [0.1, 0.15) is 0 Å². The first-order chi connectivity index (χ1) is 10.4. The zero-order chi connectivity index (χ0) is 16.2. The predicted molar refractivity (Wildman–Crippen MR) is 88.7 cm³/mol. The zero-order valence-electron chi connectivity index (χ0n) is 12.8. The Balaban J connectivity index is 2.11. The molecule has 116 valence electrons. The summed E-state index contributed by atoms with van der Waals surface area (Å²) >= 11 is 6.01. The summed E-state index contributed by atoms with van der Waals surface area (Å²) in [6.07, 6.45) is 0. The summed E-state index contributed by atoms with van der Waals surface area (Å²) in [5, 5.41) is 12.9. The SMILES string of the molecule is CC(C)(C(=O)NCc1ccccc1CO)c1cccc(Cl)c1. The van der Waals surface area contributed by atoms with Gasteiger partial charge in [0.2, 0.25) is 5.91 Å². The van der Waals surface area contributed by atoms with E-state index >= 15 is 0 Å². The van der Waals surface area contributed by atoms with Crippen molar-refractivity contribution in [3.05, 3.63) is 70.2 Å². The van der Waals surface area contributed by atoms with Crippen molar-refractivity contribution in [3.63, 3.8) is 0 Å². The molecule has 0 heterocycles. The number of benzene rings is 2. The third kappa shape index (κ3) is 3.67. The largest absolute Gasteiger partial charge is 0.392 e. The highest BCUT2D eigenvalue weighted by Gasteiger charge is 2.29. The minimum absolute atomic E-state index is 0.0380. The molecule has 0 fully saturated rings. The van der Waals surface area contributed by atoms with E-state index in [0.29, 0.717) is 11.6 Å². The fourth-order valence-electron chi connectivity index (χ4n) is 2.29. The van der Waals surface area contributed by atoms with Crippen LogP contribution in [0.2, 0.25) is 5.02 Å². The molecule has 0 bridgehead atoms. The smallest absolute Gasteiger partial charge is 0.230 e. The Morgan fingerprint density at radius 1 is 1.14 bits per heavy atom. The van der Waals surface area contributed by atoms with Crippen LogP contribution in [0.25, 0.3) is 0 Å². The number of hydrogen-bond acceptors (Lipinski definition) is 2. The van der Waals surface area contributed by atoms with E-state index < -0.39 is 5.41 Å². The molecule has 0 saturated heterocycles. The molecule has 0 aliphatic carbocycles. The molecule has 2 rings (SSSR count). The fourth-order valence-corrected chi connectivity index (χ4v) is 2.48. The molecule has 0 unspecified atom stereocenters. The van der Waals surface area contributed by atoms with E-state index in [4.69, 9.17) is 11.6 Å². The molecule has 0 spiro atoms. The summed E-state index contributed by atoms with van der Waals surface area (Å²) < 4.78 is 0. The van der Waals surface area contributed by atoms with Gasteiger partial charge in [0.25, 0.3) is 0 Å². The molecular formula is C18H20ClNO2. The molecule has 2 aromatic carbocycles. The Morgan fingerprint density at radius 3 is 2.45 bits per heavy atom. The van der Waals surface area contributed by atoms with Crippen LogP contribution in [0.1, 0.15) is 30.5 Å². The van der Waals surface area contributed by atoms with E-state index in [1.807, 2.05) is 56.3 Å². The number of aliphatic hydroxyl groups excluding tert-OH is 1. The highest BCUT2D eigenvalue weighted by atomic mass is 35.5. The summed E-state index contributed by atoms with van der Waals surface area (Å²) in [7, 11) is 0. The van der Waals surface area contributed by atoms with E-state index in [0.717, 1.165) is 16.7 Å². The van der Waals surface area contributed by atoms with Crippen molar-refractivity contribution in [2.24, 2.45) is 0 Å². The third-order valence-corrected chi connectivity index (χ3v) is 4.08. The normalized spacial score (nSPS) is 11.3. The first-order valence-corrected chi connectivity index (χ1v) is 7.55. The average molecular weight is 318 g/mol. The average Bonchev–Trinajstić information content (AvgIpc) is 2.52. The first-order valence-electron chi connectivity index (χ1n) is 7.17. The molecule has 22 heavy (non-hydrogen) atoms. The standard InChI is InChI=1S/C18H20ClNO2/c1-18(2,15-8-5-9-16(19)10-15)17(22)20-11-13-6-3-4-7-14(13)12-21/h3-10,21H,11-12H2,1-2H3,(H,20,22). The Hall–Kier alpha value is -1.84. The zero-order valence-corrected chi connectivity index (χ0v) is 13.5. The molecule has 0 atom stereocenters. The highest BCUT2D eigenvalue weighted by molar-refractivity contribution is 6.30. The molecule has 2 N–H and O–H groups in total. The molecule has 0 aromatic heterocycles. The van der Waals surface area contributed by atoms with Gasteiger partial charge in [-0.15, -0.1) is 0 Å². The second-order valence-electron chi connectivity index (χ2n) is 5.74. The van der Waals surface area contributed by atoms with Crippen LogP contribution in [-0.2, 0) is 23.4 Å². The Bertz CT molecular complexity index is 668. The lowest BCUT2D eigenvalue weighted by atomic mass is 9.83. The maximum Gasteiger partial charge on any atom is 0.230 e. The molecule has 3 nitrogen and oxygen atoms in total. The van der Waals surface area contributed by atoms with Crippen LogP contribution in [0.5, 0.6) is 0 Å². The molecular weight excluding hydrogens is 298 g/mol. The van der Waals surface area contributed by atoms with Gasteiger partial charge < -0.3 is 10.4 Å². The van der Waals surface area contributed by atoms with Crippen LogP contribution in [0, 0.1) is 0 Å². The number of halogens is 1. The third-order valence-electron chi connectivity index (χ3n) is 3.84. The Kier molecular flexibility index (Phi) is 5.22. The summed E-state index contributed by atoms with van der Waals surface area (Å²) in [5.74, 6) is -0.0810. The van der Waals surface area contributed by atoms with E-state index in [9.17, 15) is 9.90 Å². The van der Waals surface area contributed by atoms with Gasteiger partial charge in [0, 0.05) is 11.6 Å². The number of carbonyl (C=O) groups is 1. The van der Waals surface area contributed by atoms with Crippen LogP contribution in [0.15, 0.2) is 48.5 Å². The number of rotatable bonds is 5. The van der Waals surface area contributed by atoms with Gasteiger partial charge in [-0.25, -0.2) is 0 Å². The van der Waals surface area contributed by atoms with Crippen molar-refractivity contribution in [2.45, 2.75) is 32.4 Å². The summed E-state index contributed by atoms with van der Waals surface area (Å²) in [4.78, 5) is 12.5. The number of amides is 1. The van der Waals surface area contributed by atoms with E-state index in [2.05, 4.69) is 5.32 Å². The lowest BCUT2D eigenvalue weighted by Crippen LogP contribution is -2.39. The van der Waals surface area contributed by atoms with Crippen LogP contribution in [0.3, 0.4) is 0 Å². The maximum atomic E-state index is 12.5. The van der Waals surface area contributed by atoms with Crippen molar-refractivity contribution in [1.82, 2.24) is 5.32 Å². The summed E-state index contributed by atoms with van der Waals surface area (Å²) in [5.41, 5.74) is 1.93. The number of carbonyl (C=O) groups excluding carboxylic acids is 1. The van der Waals surface area contributed by atoms with Crippen molar-refractivity contribution in [1.29, 1.82) is 0 Å². The topological polar surface area (TPSA) is 49.3 Å². The first kappa shape index (κ1) is 16.5. The van der Waals surface area contributed by atoms with Crippen LogP contribution >= 0.6 is 11.6 Å². The van der Waals surface area contributed by atoms with Crippen molar-refractivity contribution in [3.8, 4) is 0 Å². The molecule has 0 saturated carbocycles. The van der Waals surface area contributed by atoms with Crippen molar-refractivity contribution in [2.75, 3.05) is 0 Å². The van der Waals surface area contributed by atoms with Gasteiger partial charge in [-0.1, -0.05) is 48.0 Å². The van der Waals surface area contributed by atoms with Gasteiger partial charge in [-0.05, 0) is 42.7 Å². The van der Waals surface area contributed by atoms with Crippen LogP contribution < -0.4 is 5.32 Å². The Labute approximate surface area is 135 Å². The molecule has 0 aliphatic heterocycles. The number of hydrogen-bond donors (Lipinski definition) is 2. The molecule has 2 aromatic rings. The maximum absolute atomic E-state index is 12.5. The summed E-state index contributed by atoms with van der Waals surface area (Å²) in [6, 6.07) is 14.8. The van der Waals surface area contributed by atoms with Gasteiger partial charge in [-0.2, -0.15) is 0 Å². The van der Waals surface area contributed by atoms with E-state index in [-0.39, 0.29) is 12.5 Å². The molecule has 1 amide bonds. The van der Waals surface area contributed by atoms with Crippen molar-refractivity contribution >= 4 is 17.5 Å². The summed E-state index contributed by atoms with van der Waals surface area (Å²) in [6.45, 7) is 4.08.